The summed E-state index contributed by atoms with van der Waals surface area (Å²) in [6, 6.07) is 9.25. The second-order valence-corrected chi connectivity index (χ2v) is 7.00. The quantitative estimate of drug-likeness (QED) is 0.747. The lowest BCUT2D eigenvalue weighted by atomic mass is 10.0. The van der Waals surface area contributed by atoms with Gasteiger partial charge in [0.1, 0.15) is 5.76 Å². The van der Waals surface area contributed by atoms with Gasteiger partial charge < -0.3 is 14.7 Å². The Labute approximate surface area is 153 Å². The Balaban J connectivity index is 1.55. The van der Waals surface area contributed by atoms with Gasteiger partial charge in [-0.15, -0.1) is 0 Å². The first-order valence-corrected chi connectivity index (χ1v) is 8.90. The fourth-order valence-corrected chi connectivity index (χ4v) is 3.38. The van der Waals surface area contributed by atoms with Gasteiger partial charge in [0, 0.05) is 28.8 Å². The second-order valence-electron chi connectivity index (χ2n) is 5.84. The van der Waals surface area contributed by atoms with Gasteiger partial charge in [-0.25, -0.2) is 0 Å². The zero-order valence-corrected chi connectivity index (χ0v) is 15.4. The fraction of sp³-hybridized carbons (Fsp3) is 0.353. The molecule has 0 spiro atoms. The van der Waals surface area contributed by atoms with Crippen LogP contribution in [0.1, 0.15) is 39.4 Å². The van der Waals surface area contributed by atoms with Gasteiger partial charge in [-0.2, -0.15) is 0 Å². The van der Waals surface area contributed by atoms with Gasteiger partial charge in [0.05, 0.1) is 5.56 Å². The molecule has 1 aromatic carbocycles. The highest BCUT2D eigenvalue weighted by Crippen LogP contribution is 2.18. The maximum Gasteiger partial charge on any atom is 0.273 e. The summed E-state index contributed by atoms with van der Waals surface area (Å²) in [7, 11) is 0. The molecule has 126 valence electrons. The number of carbonyl (C=O) groups is 2. The topological polar surface area (TPSA) is 75.4 Å². The predicted molar refractivity (Wildman–Crippen MR) is 96.8 cm³/mol. The summed E-state index contributed by atoms with van der Waals surface area (Å²) >= 11 is 2.18. The molecule has 0 bridgehead atoms. The number of aromatic nitrogens is 1. The Morgan fingerprint density at radius 3 is 2.62 bits per heavy atom. The standard InChI is InChI=1S/C17H18IN3O3/c1-11-10-15(20-24-11)16(22)19-12-6-8-21(9-7-12)17(23)13-4-2-3-5-14(13)18/h2-5,10,12H,6-9H2,1H3,(H,19,22). The minimum Gasteiger partial charge on any atom is -0.361 e. The van der Waals surface area contributed by atoms with E-state index in [9.17, 15) is 9.59 Å². The normalized spacial score (nSPS) is 15.3. The predicted octanol–water partition coefficient (Wildman–Crippen LogP) is 2.62. The molecule has 1 fully saturated rings. The number of benzene rings is 1. The van der Waals surface area contributed by atoms with Crippen molar-refractivity contribution in [2.24, 2.45) is 0 Å². The van der Waals surface area contributed by atoms with Crippen LogP contribution in [0.15, 0.2) is 34.9 Å². The molecule has 0 unspecified atom stereocenters. The van der Waals surface area contributed by atoms with Crippen LogP contribution in [0, 0.1) is 10.5 Å². The van der Waals surface area contributed by atoms with Crippen molar-refractivity contribution in [3.63, 3.8) is 0 Å². The Bertz CT molecular complexity index is 751. The number of hydrogen-bond acceptors (Lipinski definition) is 4. The Morgan fingerprint density at radius 1 is 1.29 bits per heavy atom. The van der Waals surface area contributed by atoms with E-state index in [1.807, 2.05) is 29.2 Å². The van der Waals surface area contributed by atoms with Crippen LogP contribution in [-0.2, 0) is 0 Å². The van der Waals surface area contributed by atoms with Crippen LogP contribution >= 0.6 is 22.6 Å². The summed E-state index contributed by atoms with van der Waals surface area (Å²) in [4.78, 5) is 26.5. The third-order valence-electron chi connectivity index (χ3n) is 4.08. The van der Waals surface area contributed by atoms with Crippen molar-refractivity contribution < 1.29 is 14.1 Å². The summed E-state index contributed by atoms with van der Waals surface area (Å²) < 4.78 is 5.87. The number of carbonyl (C=O) groups excluding carboxylic acids is 2. The largest absolute Gasteiger partial charge is 0.361 e. The van der Waals surface area contributed by atoms with Crippen molar-refractivity contribution in [2.45, 2.75) is 25.8 Å². The highest BCUT2D eigenvalue weighted by molar-refractivity contribution is 14.1. The molecule has 1 N–H and O–H groups in total. The van der Waals surface area contributed by atoms with Crippen molar-refractivity contribution >= 4 is 34.4 Å². The van der Waals surface area contributed by atoms with Crippen LogP contribution in [0.25, 0.3) is 0 Å². The summed E-state index contributed by atoms with van der Waals surface area (Å²) in [5.41, 5.74) is 1.03. The Kier molecular flexibility index (Phi) is 5.17. The third kappa shape index (κ3) is 3.77. The minimum atomic E-state index is -0.228. The van der Waals surface area contributed by atoms with Gasteiger partial charge in [-0.1, -0.05) is 17.3 Å². The first-order valence-electron chi connectivity index (χ1n) is 7.82. The van der Waals surface area contributed by atoms with Crippen molar-refractivity contribution in [2.75, 3.05) is 13.1 Å². The fourth-order valence-electron chi connectivity index (χ4n) is 2.76. The molecule has 3 rings (SSSR count). The van der Waals surface area contributed by atoms with E-state index < -0.39 is 0 Å². The number of nitrogens with one attached hydrogen (secondary N) is 1. The molecule has 6 nitrogen and oxygen atoms in total. The van der Waals surface area contributed by atoms with E-state index in [0.29, 0.717) is 24.5 Å². The number of halogens is 1. The molecule has 1 aliphatic heterocycles. The average Bonchev–Trinajstić information content (AvgIpc) is 3.02. The number of piperidine rings is 1. The van der Waals surface area contributed by atoms with Gasteiger partial charge in [0.25, 0.3) is 11.8 Å². The van der Waals surface area contributed by atoms with Crippen molar-refractivity contribution in [3.8, 4) is 0 Å². The highest BCUT2D eigenvalue weighted by atomic mass is 127. The lowest BCUT2D eigenvalue weighted by molar-refractivity contribution is 0.0696. The average molecular weight is 439 g/mol. The molecule has 0 atom stereocenters. The Morgan fingerprint density at radius 2 is 2.00 bits per heavy atom. The molecular weight excluding hydrogens is 421 g/mol. The first kappa shape index (κ1) is 16.9. The summed E-state index contributed by atoms with van der Waals surface area (Å²) in [5, 5.41) is 6.68. The van der Waals surface area contributed by atoms with E-state index in [1.54, 1.807) is 13.0 Å². The monoisotopic (exact) mass is 439 g/mol. The van der Waals surface area contributed by atoms with Crippen molar-refractivity contribution in [1.29, 1.82) is 0 Å². The molecule has 0 saturated carbocycles. The highest BCUT2D eigenvalue weighted by Gasteiger charge is 2.26. The molecule has 24 heavy (non-hydrogen) atoms. The van der Waals surface area contributed by atoms with E-state index >= 15 is 0 Å². The molecule has 2 aromatic rings. The van der Waals surface area contributed by atoms with E-state index in [1.165, 1.54) is 0 Å². The maximum absolute atomic E-state index is 12.6. The maximum atomic E-state index is 12.6. The molecule has 1 aliphatic rings. The minimum absolute atomic E-state index is 0.0494. The Hall–Kier alpha value is -1.90. The molecular formula is C17H18IN3O3. The van der Waals surface area contributed by atoms with E-state index in [-0.39, 0.29) is 17.9 Å². The van der Waals surface area contributed by atoms with Gasteiger partial charge in [0.15, 0.2) is 5.69 Å². The number of nitrogens with zero attached hydrogens (tertiary/aromatic N) is 2. The first-order chi connectivity index (χ1) is 11.5. The van der Waals surface area contributed by atoms with Crippen LogP contribution in [0.3, 0.4) is 0 Å². The van der Waals surface area contributed by atoms with Crippen molar-refractivity contribution in [3.05, 3.63) is 50.9 Å². The van der Waals surface area contributed by atoms with Gasteiger partial charge in [0.2, 0.25) is 0 Å². The van der Waals surface area contributed by atoms with Crippen LogP contribution in [0.5, 0.6) is 0 Å². The number of likely N-dealkylation sites (tertiary alicyclic amines) is 1. The molecule has 0 aliphatic carbocycles. The zero-order valence-electron chi connectivity index (χ0n) is 13.3. The van der Waals surface area contributed by atoms with Crippen molar-refractivity contribution in [1.82, 2.24) is 15.4 Å². The lowest BCUT2D eigenvalue weighted by Crippen LogP contribution is -2.46. The summed E-state index contributed by atoms with van der Waals surface area (Å²) in [5.74, 6) is 0.434. The molecule has 1 aromatic heterocycles. The zero-order chi connectivity index (χ0) is 17.1. The van der Waals surface area contributed by atoms with Crippen LogP contribution < -0.4 is 5.32 Å². The van der Waals surface area contributed by atoms with E-state index in [2.05, 4.69) is 33.1 Å². The number of rotatable bonds is 3. The van der Waals surface area contributed by atoms with Gasteiger partial charge >= 0.3 is 0 Å². The number of amides is 2. The lowest BCUT2D eigenvalue weighted by Gasteiger charge is -2.32. The number of aryl methyl sites for hydroxylation is 1. The van der Waals surface area contributed by atoms with E-state index in [0.717, 1.165) is 22.0 Å². The van der Waals surface area contributed by atoms with E-state index in [4.69, 9.17) is 4.52 Å². The summed E-state index contributed by atoms with van der Waals surface area (Å²) in [6.45, 7) is 3.01. The molecule has 7 heteroatoms. The molecule has 0 radical (unpaired) electrons. The molecule has 2 heterocycles. The molecule has 2 amide bonds. The van der Waals surface area contributed by atoms with Crippen LogP contribution in [0.4, 0.5) is 0 Å². The SMILES string of the molecule is Cc1cc(C(=O)NC2CCN(C(=O)c3ccccc3I)CC2)no1. The summed E-state index contributed by atoms with van der Waals surface area (Å²) in [6.07, 6.45) is 1.47. The smallest absolute Gasteiger partial charge is 0.273 e. The third-order valence-corrected chi connectivity index (χ3v) is 5.02. The molecule has 1 saturated heterocycles. The van der Waals surface area contributed by atoms with Crippen LogP contribution in [-0.4, -0.2) is 41.0 Å². The number of hydrogen-bond donors (Lipinski definition) is 1. The second kappa shape index (κ2) is 7.33. The van der Waals surface area contributed by atoms with Gasteiger partial charge in [-0.3, -0.25) is 9.59 Å². The van der Waals surface area contributed by atoms with Crippen LogP contribution in [0.2, 0.25) is 0 Å². The van der Waals surface area contributed by atoms with Gasteiger partial charge in [-0.05, 0) is 54.5 Å².